The van der Waals surface area contributed by atoms with Gasteiger partial charge >= 0.3 is 0 Å². The summed E-state index contributed by atoms with van der Waals surface area (Å²) in [5.74, 6) is 5.85. The zero-order valence-corrected chi connectivity index (χ0v) is 11.2. The third-order valence-electron chi connectivity index (χ3n) is 3.29. The topological polar surface area (TPSA) is 37.4 Å². The molecule has 1 aliphatic rings. The van der Waals surface area contributed by atoms with Crippen LogP contribution < -0.4 is 0 Å². The molecule has 3 nitrogen and oxygen atoms in total. The summed E-state index contributed by atoms with van der Waals surface area (Å²) in [7, 11) is -0.964. The molecule has 92 valence electrons. The Labute approximate surface area is 99.1 Å². The first kappa shape index (κ1) is 13.5. The molecule has 1 rings (SSSR count). The molecular weight excluding hydrogens is 222 g/mol. The molecule has 0 heterocycles. The number of rotatable bonds is 3. The van der Waals surface area contributed by atoms with Crippen LogP contribution in [0.3, 0.4) is 0 Å². The van der Waals surface area contributed by atoms with Gasteiger partial charge in [-0.1, -0.05) is 18.8 Å². The van der Waals surface area contributed by atoms with E-state index in [9.17, 15) is 8.42 Å². The average Bonchev–Trinajstić information content (AvgIpc) is 2.24. The van der Waals surface area contributed by atoms with Gasteiger partial charge in [-0.25, -0.2) is 8.42 Å². The molecule has 1 aliphatic carbocycles. The number of hydrogen-bond acceptors (Lipinski definition) is 3. The minimum atomic E-state index is -2.93. The van der Waals surface area contributed by atoms with Gasteiger partial charge in [0.15, 0.2) is 9.84 Å². The molecule has 0 amide bonds. The maximum absolute atomic E-state index is 11.7. The lowest BCUT2D eigenvalue weighted by molar-refractivity contribution is 0.214. The molecule has 0 aliphatic heterocycles. The van der Waals surface area contributed by atoms with Crippen molar-refractivity contribution in [2.45, 2.75) is 43.9 Å². The zero-order chi connectivity index (χ0) is 12.2. The van der Waals surface area contributed by atoms with E-state index in [1.165, 1.54) is 6.26 Å². The van der Waals surface area contributed by atoms with Gasteiger partial charge in [0.25, 0.3) is 0 Å². The van der Waals surface area contributed by atoms with Crippen molar-refractivity contribution in [3.8, 4) is 11.8 Å². The normalized spacial score (nSPS) is 26.2. The summed E-state index contributed by atoms with van der Waals surface area (Å²) < 4.78 is 23.4. The molecule has 0 bridgehead atoms. The average molecular weight is 243 g/mol. The van der Waals surface area contributed by atoms with Crippen molar-refractivity contribution in [3.05, 3.63) is 0 Å². The summed E-state index contributed by atoms with van der Waals surface area (Å²) in [6.07, 6.45) is 5.28. The predicted octanol–water partition coefficient (Wildman–Crippen LogP) is 1.30. The van der Waals surface area contributed by atoms with Gasteiger partial charge in [0, 0.05) is 12.3 Å². The van der Waals surface area contributed by atoms with E-state index in [4.69, 9.17) is 0 Å². The van der Waals surface area contributed by atoms with Crippen LogP contribution in [0.25, 0.3) is 0 Å². The second-order valence-electron chi connectivity index (χ2n) is 4.56. The monoisotopic (exact) mass is 243 g/mol. The lowest BCUT2D eigenvalue weighted by atomic mass is 9.94. The maximum atomic E-state index is 11.7. The van der Waals surface area contributed by atoms with Crippen molar-refractivity contribution in [1.82, 2.24) is 4.90 Å². The first-order valence-corrected chi connectivity index (χ1v) is 7.71. The highest BCUT2D eigenvalue weighted by atomic mass is 32.2. The van der Waals surface area contributed by atoms with Gasteiger partial charge < -0.3 is 0 Å². The van der Waals surface area contributed by atoms with Gasteiger partial charge in [-0.15, -0.1) is 5.92 Å². The highest BCUT2D eigenvalue weighted by molar-refractivity contribution is 7.91. The van der Waals surface area contributed by atoms with Crippen LogP contribution in [0.15, 0.2) is 0 Å². The van der Waals surface area contributed by atoms with Crippen molar-refractivity contribution >= 4 is 9.84 Å². The molecule has 1 fully saturated rings. The van der Waals surface area contributed by atoms with Crippen molar-refractivity contribution in [2.75, 3.05) is 19.8 Å². The Balaban J connectivity index is 2.76. The van der Waals surface area contributed by atoms with Crippen LogP contribution in [0.5, 0.6) is 0 Å². The van der Waals surface area contributed by atoms with Gasteiger partial charge in [-0.2, -0.15) is 0 Å². The van der Waals surface area contributed by atoms with Crippen LogP contribution in [0, 0.1) is 11.8 Å². The van der Waals surface area contributed by atoms with Gasteiger partial charge in [0.05, 0.1) is 11.8 Å². The SMILES string of the molecule is CC#CCN(C)[C@H]1CCCC[C@H]1S(C)(=O)=O. The van der Waals surface area contributed by atoms with Crippen LogP contribution in [0.4, 0.5) is 0 Å². The Morgan fingerprint density at radius 2 is 1.94 bits per heavy atom. The minimum absolute atomic E-state index is 0.143. The molecule has 0 saturated heterocycles. The summed E-state index contributed by atoms with van der Waals surface area (Å²) >= 11 is 0. The van der Waals surface area contributed by atoms with E-state index in [0.29, 0.717) is 6.54 Å². The lowest BCUT2D eigenvalue weighted by Crippen LogP contribution is -2.47. The summed E-state index contributed by atoms with van der Waals surface area (Å²) in [6, 6.07) is 0.143. The second-order valence-corrected chi connectivity index (χ2v) is 6.83. The summed E-state index contributed by atoms with van der Waals surface area (Å²) in [4.78, 5) is 2.08. The van der Waals surface area contributed by atoms with Crippen LogP contribution >= 0.6 is 0 Å². The Morgan fingerprint density at radius 1 is 1.31 bits per heavy atom. The Morgan fingerprint density at radius 3 is 2.50 bits per heavy atom. The summed E-state index contributed by atoms with van der Waals surface area (Å²) in [5.41, 5.74) is 0. The molecule has 0 aromatic carbocycles. The fourth-order valence-electron chi connectivity index (χ4n) is 2.40. The standard InChI is InChI=1S/C12H21NO2S/c1-4-5-10-13(2)11-8-6-7-9-12(11)16(3,14)15/h11-12H,6-10H2,1-3H3/t11-,12+/m0/s1. The minimum Gasteiger partial charge on any atom is -0.291 e. The number of nitrogens with zero attached hydrogens (tertiary/aromatic N) is 1. The van der Waals surface area contributed by atoms with E-state index in [-0.39, 0.29) is 11.3 Å². The Bertz CT molecular complexity index is 378. The summed E-state index contributed by atoms with van der Waals surface area (Å²) in [6.45, 7) is 2.47. The molecule has 0 unspecified atom stereocenters. The van der Waals surface area contributed by atoms with Gasteiger partial charge in [-0.05, 0) is 26.8 Å². The molecule has 4 heteroatoms. The van der Waals surface area contributed by atoms with E-state index in [1.807, 2.05) is 14.0 Å². The highest BCUT2D eigenvalue weighted by Gasteiger charge is 2.34. The fraction of sp³-hybridized carbons (Fsp3) is 0.833. The predicted molar refractivity (Wildman–Crippen MR) is 67.0 cm³/mol. The molecule has 0 spiro atoms. The van der Waals surface area contributed by atoms with Crippen LogP contribution in [0.1, 0.15) is 32.6 Å². The molecular formula is C12H21NO2S. The van der Waals surface area contributed by atoms with E-state index in [1.54, 1.807) is 0 Å². The Kier molecular flexibility index (Phi) is 4.82. The Hall–Kier alpha value is -0.530. The third kappa shape index (κ3) is 3.50. The number of hydrogen-bond donors (Lipinski definition) is 0. The van der Waals surface area contributed by atoms with Gasteiger partial charge in [0.1, 0.15) is 0 Å². The maximum Gasteiger partial charge on any atom is 0.151 e. The molecule has 0 N–H and O–H groups in total. The highest BCUT2D eigenvalue weighted by Crippen LogP contribution is 2.27. The third-order valence-corrected chi connectivity index (χ3v) is 4.94. The molecule has 0 radical (unpaired) electrons. The quantitative estimate of drug-likeness (QED) is 0.701. The van der Waals surface area contributed by atoms with Crippen LogP contribution in [-0.4, -0.2) is 44.5 Å². The first-order valence-electron chi connectivity index (χ1n) is 5.75. The van der Waals surface area contributed by atoms with Crippen molar-refractivity contribution in [1.29, 1.82) is 0 Å². The molecule has 2 atom stereocenters. The molecule has 16 heavy (non-hydrogen) atoms. The molecule has 0 aromatic heterocycles. The molecule has 0 aromatic rings. The second kappa shape index (κ2) is 5.70. The van der Waals surface area contributed by atoms with Crippen molar-refractivity contribution in [2.24, 2.45) is 0 Å². The van der Waals surface area contributed by atoms with E-state index < -0.39 is 9.84 Å². The number of sulfone groups is 1. The summed E-state index contributed by atoms with van der Waals surface area (Å²) in [5, 5.41) is -0.204. The van der Waals surface area contributed by atoms with E-state index in [2.05, 4.69) is 16.7 Å². The largest absolute Gasteiger partial charge is 0.291 e. The molecule has 1 saturated carbocycles. The lowest BCUT2D eigenvalue weighted by Gasteiger charge is -2.36. The van der Waals surface area contributed by atoms with Crippen LogP contribution in [-0.2, 0) is 9.84 Å². The zero-order valence-electron chi connectivity index (χ0n) is 10.4. The van der Waals surface area contributed by atoms with Crippen molar-refractivity contribution in [3.63, 3.8) is 0 Å². The van der Waals surface area contributed by atoms with E-state index in [0.717, 1.165) is 25.7 Å². The smallest absolute Gasteiger partial charge is 0.151 e. The van der Waals surface area contributed by atoms with Gasteiger partial charge in [0.2, 0.25) is 0 Å². The van der Waals surface area contributed by atoms with Gasteiger partial charge in [-0.3, -0.25) is 4.90 Å². The van der Waals surface area contributed by atoms with Crippen molar-refractivity contribution < 1.29 is 8.42 Å². The fourth-order valence-corrected chi connectivity index (χ4v) is 3.91. The first-order chi connectivity index (χ1) is 7.46. The van der Waals surface area contributed by atoms with Crippen LogP contribution in [0.2, 0.25) is 0 Å². The van der Waals surface area contributed by atoms with E-state index >= 15 is 0 Å².